The van der Waals surface area contributed by atoms with Gasteiger partial charge in [-0.3, -0.25) is 4.79 Å². The molecule has 2 heterocycles. The number of amides is 1. The van der Waals surface area contributed by atoms with Gasteiger partial charge in [0, 0.05) is 49.2 Å². The first-order valence-electron chi connectivity index (χ1n) is 9.96. The minimum atomic E-state index is 0.103. The van der Waals surface area contributed by atoms with Crippen LogP contribution in [0.5, 0.6) is 0 Å². The second kappa shape index (κ2) is 7.85. The summed E-state index contributed by atoms with van der Waals surface area (Å²) in [7, 11) is 2.15. The number of carbonyl (C=O) groups is 1. The number of piperazine rings is 1. The van der Waals surface area contributed by atoms with Crippen LogP contribution in [0.25, 0.3) is 10.9 Å². The highest BCUT2D eigenvalue weighted by Gasteiger charge is 2.28. The zero-order chi connectivity index (χ0) is 19.7. The van der Waals surface area contributed by atoms with Crippen molar-refractivity contribution in [1.29, 1.82) is 0 Å². The maximum Gasteiger partial charge on any atom is 0.255 e. The van der Waals surface area contributed by atoms with Crippen LogP contribution in [-0.4, -0.2) is 66.0 Å². The maximum atomic E-state index is 13.6. The van der Waals surface area contributed by atoms with Crippen LogP contribution in [0, 0.1) is 6.92 Å². The summed E-state index contributed by atoms with van der Waals surface area (Å²) in [5, 5.41) is 0.948. The third kappa shape index (κ3) is 3.79. The highest BCUT2D eigenvalue weighted by molar-refractivity contribution is 6.08. The summed E-state index contributed by atoms with van der Waals surface area (Å²) >= 11 is 0. The van der Waals surface area contributed by atoms with Gasteiger partial charge in [-0.15, -0.1) is 0 Å². The van der Waals surface area contributed by atoms with Crippen LogP contribution in [0.1, 0.15) is 43.6 Å². The molecule has 0 radical (unpaired) electrons. The van der Waals surface area contributed by atoms with Crippen molar-refractivity contribution in [3.8, 4) is 0 Å². The van der Waals surface area contributed by atoms with Gasteiger partial charge < -0.3 is 14.7 Å². The molecule has 0 aliphatic carbocycles. The van der Waals surface area contributed by atoms with Crippen molar-refractivity contribution in [3.05, 3.63) is 35.4 Å². The largest absolute Gasteiger partial charge is 0.354 e. The molecule has 1 saturated heterocycles. The Bertz CT molecular complexity index is 814. The Morgan fingerprint density at radius 1 is 1.04 bits per heavy atom. The number of carbonyl (C=O) groups excluding carboxylic acids is 1. The van der Waals surface area contributed by atoms with E-state index in [-0.39, 0.29) is 18.0 Å². The Kier molecular flexibility index (Phi) is 5.70. The van der Waals surface area contributed by atoms with E-state index in [2.05, 4.69) is 51.5 Å². The Labute approximate surface area is 163 Å². The average Bonchev–Trinajstić information content (AvgIpc) is 2.61. The predicted molar refractivity (Wildman–Crippen MR) is 113 cm³/mol. The number of likely N-dealkylation sites (N-methyl/N-ethyl adjacent to an activating group) is 1. The lowest BCUT2D eigenvalue weighted by Gasteiger charge is -2.35. The summed E-state index contributed by atoms with van der Waals surface area (Å²) in [5.74, 6) is 1.06. The second-order valence-electron chi connectivity index (χ2n) is 8.14. The second-order valence-corrected chi connectivity index (χ2v) is 8.14. The molecule has 146 valence electrons. The van der Waals surface area contributed by atoms with Crippen molar-refractivity contribution >= 4 is 22.6 Å². The van der Waals surface area contributed by atoms with Crippen LogP contribution in [0.15, 0.2) is 24.3 Å². The Morgan fingerprint density at radius 2 is 1.63 bits per heavy atom. The molecular weight excluding hydrogens is 336 g/mol. The lowest BCUT2D eigenvalue weighted by atomic mass is 10.00. The molecule has 5 heteroatoms. The zero-order valence-corrected chi connectivity index (χ0v) is 17.5. The topological polar surface area (TPSA) is 39.7 Å². The number of rotatable bonds is 4. The molecule has 2 aromatic rings. The van der Waals surface area contributed by atoms with E-state index in [0.29, 0.717) is 0 Å². The molecule has 1 aliphatic heterocycles. The number of anilines is 1. The van der Waals surface area contributed by atoms with Crippen LogP contribution in [0.4, 0.5) is 5.82 Å². The fraction of sp³-hybridized carbons (Fsp3) is 0.545. The summed E-state index contributed by atoms with van der Waals surface area (Å²) in [5.41, 5.74) is 2.69. The molecule has 3 rings (SSSR count). The first-order chi connectivity index (χ1) is 12.8. The average molecular weight is 369 g/mol. The summed E-state index contributed by atoms with van der Waals surface area (Å²) in [6.07, 6.45) is 0. The number of hydrogen-bond donors (Lipinski definition) is 0. The van der Waals surface area contributed by atoms with Crippen molar-refractivity contribution in [3.63, 3.8) is 0 Å². The molecular formula is C22H32N4O. The Morgan fingerprint density at radius 3 is 2.22 bits per heavy atom. The lowest BCUT2D eigenvalue weighted by Crippen LogP contribution is -2.45. The molecule has 0 spiro atoms. The summed E-state index contributed by atoms with van der Waals surface area (Å²) in [4.78, 5) is 25.2. The van der Waals surface area contributed by atoms with Gasteiger partial charge in [-0.25, -0.2) is 4.98 Å². The molecule has 1 aliphatic rings. The Hall–Kier alpha value is -2.14. The van der Waals surface area contributed by atoms with Gasteiger partial charge in [0.05, 0.1) is 11.1 Å². The molecule has 1 aromatic carbocycles. The van der Waals surface area contributed by atoms with Crippen molar-refractivity contribution in [2.45, 2.75) is 46.7 Å². The fourth-order valence-corrected chi connectivity index (χ4v) is 4.09. The van der Waals surface area contributed by atoms with E-state index in [4.69, 9.17) is 4.98 Å². The van der Waals surface area contributed by atoms with Crippen molar-refractivity contribution in [2.75, 3.05) is 38.1 Å². The quantitative estimate of drug-likeness (QED) is 0.827. The first-order valence-corrected chi connectivity index (χ1v) is 9.96. The van der Waals surface area contributed by atoms with E-state index >= 15 is 0 Å². The van der Waals surface area contributed by atoms with Gasteiger partial charge in [-0.2, -0.15) is 0 Å². The normalized spacial score (nSPS) is 15.8. The SMILES string of the molecule is Cc1c(N2CCN(C)CC2)nc2ccccc2c1C(=O)N(C(C)C)C(C)C. The van der Waals surface area contributed by atoms with E-state index in [1.165, 1.54) is 0 Å². The number of para-hydroxylation sites is 1. The summed E-state index contributed by atoms with van der Waals surface area (Å²) in [6.45, 7) is 14.3. The van der Waals surface area contributed by atoms with Gasteiger partial charge >= 0.3 is 0 Å². The molecule has 27 heavy (non-hydrogen) atoms. The van der Waals surface area contributed by atoms with E-state index in [0.717, 1.165) is 54.0 Å². The summed E-state index contributed by atoms with van der Waals surface area (Å²) < 4.78 is 0. The lowest BCUT2D eigenvalue weighted by molar-refractivity contribution is 0.0645. The van der Waals surface area contributed by atoms with Crippen LogP contribution < -0.4 is 4.90 Å². The van der Waals surface area contributed by atoms with Crippen LogP contribution in [0.2, 0.25) is 0 Å². The standard InChI is InChI=1S/C22H32N4O/c1-15(2)26(16(3)4)22(27)20-17(5)21(25-13-11-24(6)12-14-25)23-19-10-8-7-9-18(19)20/h7-10,15-16H,11-14H2,1-6H3. The number of fused-ring (bicyclic) bond motifs is 1. The van der Waals surface area contributed by atoms with E-state index < -0.39 is 0 Å². The molecule has 0 saturated carbocycles. The van der Waals surface area contributed by atoms with Gasteiger partial charge in [0.25, 0.3) is 5.91 Å². The van der Waals surface area contributed by atoms with Crippen LogP contribution in [0.3, 0.4) is 0 Å². The molecule has 0 N–H and O–H groups in total. The monoisotopic (exact) mass is 368 g/mol. The molecule has 0 bridgehead atoms. The van der Waals surface area contributed by atoms with Crippen molar-refractivity contribution in [1.82, 2.24) is 14.8 Å². The van der Waals surface area contributed by atoms with Gasteiger partial charge in [-0.05, 0) is 47.7 Å². The van der Waals surface area contributed by atoms with E-state index in [1.807, 2.05) is 29.2 Å². The maximum absolute atomic E-state index is 13.6. The minimum absolute atomic E-state index is 0.103. The minimum Gasteiger partial charge on any atom is -0.354 e. The van der Waals surface area contributed by atoms with E-state index in [9.17, 15) is 4.79 Å². The highest BCUT2D eigenvalue weighted by Crippen LogP contribution is 2.30. The molecule has 1 amide bonds. The van der Waals surface area contributed by atoms with Crippen LogP contribution in [-0.2, 0) is 0 Å². The fourth-order valence-electron chi connectivity index (χ4n) is 4.09. The molecule has 1 aromatic heterocycles. The van der Waals surface area contributed by atoms with Crippen molar-refractivity contribution in [2.24, 2.45) is 0 Å². The molecule has 5 nitrogen and oxygen atoms in total. The van der Waals surface area contributed by atoms with E-state index in [1.54, 1.807) is 0 Å². The first kappa shape index (κ1) is 19.6. The third-order valence-electron chi connectivity index (χ3n) is 5.47. The number of aromatic nitrogens is 1. The molecule has 0 atom stereocenters. The third-order valence-corrected chi connectivity index (χ3v) is 5.47. The van der Waals surface area contributed by atoms with Gasteiger partial charge in [0.15, 0.2) is 0 Å². The number of hydrogen-bond acceptors (Lipinski definition) is 4. The van der Waals surface area contributed by atoms with Gasteiger partial charge in [0.2, 0.25) is 0 Å². The van der Waals surface area contributed by atoms with Gasteiger partial charge in [0.1, 0.15) is 5.82 Å². The highest BCUT2D eigenvalue weighted by atomic mass is 16.2. The number of nitrogens with zero attached hydrogens (tertiary/aromatic N) is 4. The molecule has 1 fully saturated rings. The molecule has 0 unspecified atom stereocenters. The Balaban J connectivity index is 2.15. The number of pyridine rings is 1. The van der Waals surface area contributed by atoms with Crippen LogP contribution >= 0.6 is 0 Å². The summed E-state index contributed by atoms with van der Waals surface area (Å²) in [6, 6.07) is 8.32. The zero-order valence-electron chi connectivity index (χ0n) is 17.5. The van der Waals surface area contributed by atoms with Crippen molar-refractivity contribution < 1.29 is 4.79 Å². The number of benzene rings is 1. The van der Waals surface area contributed by atoms with Gasteiger partial charge in [-0.1, -0.05) is 18.2 Å². The predicted octanol–water partition coefficient (Wildman–Crippen LogP) is 3.55. The smallest absolute Gasteiger partial charge is 0.255 e.